The van der Waals surface area contributed by atoms with Crippen LogP contribution in [0.5, 0.6) is 5.75 Å². The Morgan fingerprint density at radius 2 is 2.40 bits per heavy atom. The topological polar surface area (TPSA) is 35.2 Å². The monoisotopic (exact) mass is 207 g/mol. The fourth-order valence-electron chi connectivity index (χ4n) is 2.84. The summed E-state index contributed by atoms with van der Waals surface area (Å²) in [5.41, 5.74) is 6.86. The number of ether oxygens (including phenoxy) is 1. The fourth-order valence-corrected chi connectivity index (χ4v) is 2.84. The Bertz CT molecular complexity index is 407. The number of rotatable bonds is 1. The van der Waals surface area contributed by atoms with Gasteiger partial charge < -0.3 is 10.5 Å². The lowest BCUT2D eigenvalue weighted by molar-refractivity contribution is 0.241. The molecule has 15 heavy (non-hydrogen) atoms. The van der Waals surface area contributed by atoms with E-state index < -0.39 is 0 Å². The molecule has 1 fully saturated rings. The summed E-state index contributed by atoms with van der Waals surface area (Å²) in [5, 5.41) is 0. The molecule has 1 spiro atoms. The van der Waals surface area contributed by atoms with Crippen LogP contribution in [0.2, 0.25) is 0 Å². The summed E-state index contributed by atoms with van der Waals surface area (Å²) in [5.74, 6) is 0.732. The van der Waals surface area contributed by atoms with Crippen molar-refractivity contribution < 1.29 is 9.13 Å². The SMILES string of the molecule is NCC1CC12CCOc1c(F)cccc12. The van der Waals surface area contributed by atoms with Crippen LogP contribution in [0.3, 0.4) is 0 Å². The highest BCUT2D eigenvalue weighted by Gasteiger charge is 2.56. The van der Waals surface area contributed by atoms with Crippen LogP contribution in [-0.2, 0) is 5.41 Å². The molecule has 2 N–H and O–H groups in total. The minimum atomic E-state index is -0.241. The standard InChI is InChI=1S/C12H14FNO/c13-10-3-1-2-9-11(10)15-5-4-12(9)6-8(12)7-14/h1-3,8H,4-7,14H2. The molecule has 2 aliphatic rings. The molecule has 1 aromatic rings. The third-order valence-corrected chi connectivity index (χ3v) is 3.81. The van der Waals surface area contributed by atoms with Gasteiger partial charge in [0, 0.05) is 11.0 Å². The van der Waals surface area contributed by atoms with E-state index in [2.05, 4.69) is 0 Å². The van der Waals surface area contributed by atoms with Crippen molar-refractivity contribution in [1.82, 2.24) is 0 Å². The van der Waals surface area contributed by atoms with Crippen LogP contribution in [0.1, 0.15) is 18.4 Å². The van der Waals surface area contributed by atoms with Gasteiger partial charge in [-0.15, -0.1) is 0 Å². The third kappa shape index (κ3) is 1.13. The maximum atomic E-state index is 13.5. The van der Waals surface area contributed by atoms with Crippen LogP contribution in [0.15, 0.2) is 18.2 Å². The highest BCUT2D eigenvalue weighted by atomic mass is 19.1. The number of hydrogen-bond donors (Lipinski definition) is 1. The zero-order valence-electron chi connectivity index (χ0n) is 8.50. The van der Waals surface area contributed by atoms with Gasteiger partial charge in [-0.25, -0.2) is 4.39 Å². The summed E-state index contributed by atoms with van der Waals surface area (Å²) in [7, 11) is 0. The smallest absolute Gasteiger partial charge is 0.165 e. The van der Waals surface area contributed by atoms with Crippen LogP contribution < -0.4 is 10.5 Å². The van der Waals surface area contributed by atoms with E-state index in [-0.39, 0.29) is 11.2 Å². The number of para-hydroxylation sites is 1. The van der Waals surface area contributed by atoms with Crippen molar-refractivity contribution in [3.8, 4) is 5.75 Å². The lowest BCUT2D eigenvalue weighted by Crippen LogP contribution is -2.24. The highest BCUT2D eigenvalue weighted by molar-refractivity contribution is 5.47. The van der Waals surface area contributed by atoms with E-state index in [4.69, 9.17) is 10.5 Å². The number of nitrogens with two attached hydrogens (primary N) is 1. The summed E-state index contributed by atoms with van der Waals surface area (Å²) >= 11 is 0. The van der Waals surface area contributed by atoms with Gasteiger partial charge in [0.05, 0.1) is 6.61 Å². The van der Waals surface area contributed by atoms with Crippen LogP contribution >= 0.6 is 0 Å². The van der Waals surface area contributed by atoms with Crippen LogP contribution in [0.4, 0.5) is 4.39 Å². The quantitative estimate of drug-likeness (QED) is 0.762. The largest absolute Gasteiger partial charge is 0.490 e. The Morgan fingerprint density at radius 3 is 3.13 bits per heavy atom. The molecule has 1 aliphatic heterocycles. The Kier molecular flexibility index (Phi) is 1.80. The Morgan fingerprint density at radius 1 is 1.53 bits per heavy atom. The summed E-state index contributed by atoms with van der Waals surface area (Å²) in [4.78, 5) is 0. The Hall–Kier alpha value is -1.09. The summed E-state index contributed by atoms with van der Waals surface area (Å²) < 4.78 is 18.9. The summed E-state index contributed by atoms with van der Waals surface area (Å²) in [6.45, 7) is 1.31. The van der Waals surface area contributed by atoms with Crippen molar-refractivity contribution in [2.45, 2.75) is 18.3 Å². The molecule has 0 amide bonds. The molecular weight excluding hydrogens is 193 g/mol. The lowest BCUT2D eigenvalue weighted by Gasteiger charge is -2.27. The van der Waals surface area contributed by atoms with Gasteiger partial charge in [-0.2, -0.15) is 0 Å². The molecule has 1 aliphatic carbocycles. The van der Waals surface area contributed by atoms with Crippen molar-refractivity contribution in [2.24, 2.45) is 11.7 Å². The van der Waals surface area contributed by atoms with Crippen LogP contribution in [0, 0.1) is 11.7 Å². The van der Waals surface area contributed by atoms with Crippen molar-refractivity contribution in [1.29, 1.82) is 0 Å². The van der Waals surface area contributed by atoms with Gasteiger partial charge in [0.15, 0.2) is 11.6 Å². The second-order valence-corrected chi connectivity index (χ2v) is 4.51. The summed E-state index contributed by atoms with van der Waals surface area (Å²) in [6.07, 6.45) is 2.06. The minimum Gasteiger partial charge on any atom is -0.490 e. The van der Waals surface area contributed by atoms with Gasteiger partial charge in [0.1, 0.15) is 0 Å². The molecule has 1 saturated carbocycles. The molecule has 80 valence electrons. The molecule has 0 saturated heterocycles. The highest BCUT2D eigenvalue weighted by Crippen LogP contribution is 2.60. The molecule has 1 aromatic carbocycles. The van der Waals surface area contributed by atoms with Crippen LogP contribution in [0.25, 0.3) is 0 Å². The zero-order valence-corrected chi connectivity index (χ0v) is 8.50. The average molecular weight is 207 g/mol. The molecule has 0 aromatic heterocycles. The number of halogens is 1. The maximum absolute atomic E-state index is 13.5. The van der Waals surface area contributed by atoms with E-state index in [1.54, 1.807) is 6.07 Å². The lowest BCUT2D eigenvalue weighted by atomic mass is 9.87. The molecular formula is C12H14FNO. The molecule has 3 heteroatoms. The number of hydrogen-bond acceptors (Lipinski definition) is 2. The van der Waals surface area contributed by atoms with E-state index in [9.17, 15) is 4.39 Å². The normalized spacial score (nSPS) is 32.3. The van der Waals surface area contributed by atoms with E-state index in [0.29, 0.717) is 24.8 Å². The molecule has 2 nitrogen and oxygen atoms in total. The molecule has 0 bridgehead atoms. The Labute approximate surface area is 88.2 Å². The van der Waals surface area contributed by atoms with E-state index in [1.165, 1.54) is 6.07 Å². The van der Waals surface area contributed by atoms with Gasteiger partial charge in [-0.05, 0) is 31.4 Å². The maximum Gasteiger partial charge on any atom is 0.165 e. The first-order chi connectivity index (χ1) is 7.28. The number of benzene rings is 1. The van der Waals surface area contributed by atoms with E-state index >= 15 is 0 Å². The van der Waals surface area contributed by atoms with Gasteiger partial charge in [0.2, 0.25) is 0 Å². The second-order valence-electron chi connectivity index (χ2n) is 4.51. The van der Waals surface area contributed by atoms with Gasteiger partial charge in [-0.3, -0.25) is 0 Å². The van der Waals surface area contributed by atoms with Crippen LogP contribution in [-0.4, -0.2) is 13.2 Å². The second kappa shape index (κ2) is 2.95. The van der Waals surface area contributed by atoms with Gasteiger partial charge in [-0.1, -0.05) is 12.1 Å². The van der Waals surface area contributed by atoms with Gasteiger partial charge >= 0.3 is 0 Å². The van der Waals surface area contributed by atoms with Gasteiger partial charge in [0.25, 0.3) is 0 Å². The molecule has 2 unspecified atom stereocenters. The molecule has 0 radical (unpaired) electrons. The first-order valence-corrected chi connectivity index (χ1v) is 5.40. The first kappa shape index (κ1) is 9.16. The third-order valence-electron chi connectivity index (χ3n) is 3.81. The average Bonchev–Trinajstić information content (AvgIpc) is 2.95. The predicted molar refractivity (Wildman–Crippen MR) is 55.4 cm³/mol. The summed E-state index contributed by atoms with van der Waals surface area (Å²) in [6, 6.07) is 5.20. The molecule has 2 atom stereocenters. The number of fused-ring (bicyclic) bond motifs is 2. The van der Waals surface area contributed by atoms with Crippen molar-refractivity contribution >= 4 is 0 Å². The van der Waals surface area contributed by atoms with E-state index in [0.717, 1.165) is 18.4 Å². The molecule has 3 rings (SSSR count). The van der Waals surface area contributed by atoms with E-state index in [1.807, 2.05) is 6.07 Å². The van der Waals surface area contributed by atoms with Crippen molar-refractivity contribution in [3.63, 3.8) is 0 Å². The van der Waals surface area contributed by atoms with Crippen molar-refractivity contribution in [2.75, 3.05) is 13.2 Å². The molecule has 1 heterocycles. The first-order valence-electron chi connectivity index (χ1n) is 5.40. The fraction of sp³-hybridized carbons (Fsp3) is 0.500. The Balaban J connectivity index is 2.09. The minimum absolute atomic E-state index is 0.129. The predicted octanol–water partition coefficient (Wildman–Crippen LogP) is 1.82. The zero-order chi connectivity index (χ0) is 10.5. The van der Waals surface area contributed by atoms with Crippen molar-refractivity contribution in [3.05, 3.63) is 29.6 Å².